The number of nitrogens with zero attached hydrogens (tertiary/aromatic N) is 5. The molecule has 2 heterocycles. The minimum atomic E-state index is 0.198. The monoisotopic (exact) mass is 231 g/mol. The van der Waals surface area contributed by atoms with E-state index in [0.717, 1.165) is 10.9 Å². The zero-order valence-corrected chi connectivity index (χ0v) is 8.83. The van der Waals surface area contributed by atoms with Crippen LogP contribution in [0.5, 0.6) is 0 Å². The summed E-state index contributed by atoms with van der Waals surface area (Å²) in [6, 6.07) is 7.61. The molecule has 78 valence electrons. The molecule has 16 heavy (non-hydrogen) atoms. The largest absolute Gasteiger partial charge is 0.224 e. The number of hydrogen-bond acceptors (Lipinski definition) is 4. The van der Waals surface area contributed by atoms with Gasteiger partial charge in [-0.2, -0.15) is 10.1 Å². The highest BCUT2D eigenvalue weighted by Gasteiger charge is 2.07. The van der Waals surface area contributed by atoms with Crippen molar-refractivity contribution in [3.8, 4) is 5.82 Å². The zero-order valence-electron chi connectivity index (χ0n) is 8.08. The topological polar surface area (TPSA) is 56.5 Å². The van der Waals surface area contributed by atoms with E-state index in [-0.39, 0.29) is 5.28 Å². The maximum Gasteiger partial charge on any atom is 0.224 e. The van der Waals surface area contributed by atoms with E-state index in [2.05, 4.69) is 20.1 Å². The van der Waals surface area contributed by atoms with Crippen molar-refractivity contribution < 1.29 is 0 Å². The van der Waals surface area contributed by atoms with Crippen LogP contribution in [0.1, 0.15) is 0 Å². The lowest BCUT2D eigenvalue weighted by Gasteiger charge is -2.04. The Morgan fingerprint density at radius 3 is 2.81 bits per heavy atom. The third kappa shape index (κ3) is 1.42. The average Bonchev–Trinajstić information content (AvgIpc) is 2.81. The summed E-state index contributed by atoms with van der Waals surface area (Å²) in [6.07, 6.45) is 3.02. The first-order valence-electron chi connectivity index (χ1n) is 4.62. The van der Waals surface area contributed by atoms with Crippen molar-refractivity contribution in [3.05, 3.63) is 42.2 Å². The van der Waals surface area contributed by atoms with Crippen LogP contribution in [0, 0.1) is 0 Å². The normalized spacial score (nSPS) is 10.8. The van der Waals surface area contributed by atoms with Gasteiger partial charge in [0, 0.05) is 5.39 Å². The second-order valence-electron chi connectivity index (χ2n) is 3.17. The molecule has 1 aromatic carbocycles. The van der Waals surface area contributed by atoms with Gasteiger partial charge in [-0.25, -0.2) is 14.6 Å². The van der Waals surface area contributed by atoms with E-state index in [1.165, 1.54) is 6.33 Å². The van der Waals surface area contributed by atoms with Crippen LogP contribution < -0.4 is 0 Å². The Labute approximate surface area is 95.7 Å². The molecule has 0 N–H and O–H groups in total. The van der Waals surface area contributed by atoms with E-state index in [4.69, 9.17) is 11.6 Å². The molecule has 5 nitrogen and oxygen atoms in total. The summed E-state index contributed by atoms with van der Waals surface area (Å²) in [5, 5.41) is 5.12. The van der Waals surface area contributed by atoms with Gasteiger partial charge in [0.25, 0.3) is 0 Å². The minimum absolute atomic E-state index is 0.198. The Bertz CT molecular complexity index is 635. The fraction of sp³-hybridized carbons (Fsp3) is 0. The van der Waals surface area contributed by atoms with Crippen molar-refractivity contribution in [1.82, 2.24) is 24.7 Å². The van der Waals surface area contributed by atoms with Gasteiger partial charge in [0.1, 0.15) is 12.7 Å². The molecular formula is C10H6ClN5. The van der Waals surface area contributed by atoms with Crippen LogP contribution in [-0.2, 0) is 0 Å². The third-order valence-electron chi connectivity index (χ3n) is 2.19. The van der Waals surface area contributed by atoms with E-state index in [1.807, 2.05) is 24.3 Å². The Morgan fingerprint density at radius 2 is 2.00 bits per heavy atom. The van der Waals surface area contributed by atoms with Gasteiger partial charge in [0.2, 0.25) is 5.28 Å². The molecule has 3 rings (SSSR count). The first-order valence-corrected chi connectivity index (χ1v) is 5.00. The fourth-order valence-electron chi connectivity index (χ4n) is 1.52. The van der Waals surface area contributed by atoms with Gasteiger partial charge in [-0.3, -0.25) is 0 Å². The fourth-order valence-corrected chi connectivity index (χ4v) is 1.70. The summed E-state index contributed by atoms with van der Waals surface area (Å²) in [5.41, 5.74) is 0.785. The highest BCUT2D eigenvalue weighted by atomic mass is 35.5. The lowest BCUT2D eigenvalue weighted by Crippen LogP contribution is -2.00. The van der Waals surface area contributed by atoms with Crippen molar-refractivity contribution in [2.45, 2.75) is 0 Å². The molecule has 0 aliphatic heterocycles. The maximum absolute atomic E-state index is 5.86. The molecule has 0 bridgehead atoms. The van der Waals surface area contributed by atoms with E-state index >= 15 is 0 Å². The Hall–Kier alpha value is -2.01. The first-order chi connectivity index (χ1) is 7.84. The van der Waals surface area contributed by atoms with Crippen molar-refractivity contribution in [2.24, 2.45) is 0 Å². The molecule has 2 aromatic heterocycles. The highest BCUT2D eigenvalue weighted by molar-refractivity contribution is 6.28. The molecular weight excluding hydrogens is 226 g/mol. The second kappa shape index (κ2) is 3.53. The summed E-state index contributed by atoms with van der Waals surface area (Å²) in [4.78, 5) is 12.2. The molecule has 0 unspecified atom stereocenters. The van der Waals surface area contributed by atoms with Crippen molar-refractivity contribution in [1.29, 1.82) is 0 Å². The van der Waals surface area contributed by atoms with Gasteiger partial charge >= 0.3 is 0 Å². The quantitative estimate of drug-likeness (QED) is 0.600. The second-order valence-corrected chi connectivity index (χ2v) is 3.51. The predicted molar refractivity (Wildman–Crippen MR) is 59.5 cm³/mol. The van der Waals surface area contributed by atoms with E-state index in [0.29, 0.717) is 5.82 Å². The molecule has 0 fully saturated rings. The lowest BCUT2D eigenvalue weighted by atomic mass is 10.2. The van der Waals surface area contributed by atoms with Gasteiger partial charge in [-0.15, -0.1) is 0 Å². The SMILES string of the molecule is Clc1nc(-n2cncn2)c2ccccc2n1. The summed E-state index contributed by atoms with van der Waals surface area (Å²) >= 11 is 5.86. The summed E-state index contributed by atoms with van der Waals surface area (Å²) < 4.78 is 1.57. The van der Waals surface area contributed by atoms with Gasteiger partial charge < -0.3 is 0 Å². The van der Waals surface area contributed by atoms with Gasteiger partial charge in [0.15, 0.2) is 5.82 Å². The molecule has 6 heteroatoms. The summed E-state index contributed by atoms with van der Waals surface area (Å²) in [6.45, 7) is 0. The zero-order chi connectivity index (χ0) is 11.0. The summed E-state index contributed by atoms with van der Waals surface area (Å²) in [5.74, 6) is 0.633. The minimum Gasteiger partial charge on any atom is -0.223 e. The van der Waals surface area contributed by atoms with Crippen molar-refractivity contribution >= 4 is 22.5 Å². The van der Waals surface area contributed by atoms with E-state index in [9.17, 15) is 0 Å². The number of aromatic nitrogens is 5. The van der Waals surface area contributed by atoms with Crippen LogP contribution in [0.2, 0.25) is 5.28 Å². The smallest absolute Gasteiger partial charge is 0.223 e. The van der Waals surface area contributed by atoms with Crippen LogP contribution >= 0.6 is 11.6 Å². The predicted octanol–water partition coefficient (Wildman–Crippen LogP) is 1.86. The number of fused-ring (bicyclic) bond motifs is 1. The van der Waals surface area contributed by atoms with Crippen molar-refractivity contribution in [2.75, 3.05) is 0 Å². The standard InChI is InChI=1S/C10H6ClN5/c11-10-14-8-4-2-1-3-7(8)9(15-10)16-6-12-5-13-16/h1-6H. The summed E-state index contributed by atoms with van der Waals surface area (Å²) in [7, 11) is 0. The molecule has 0 spiro atoms. The van der Waals surface area contributed by atoms with E-state index in [1.54, 1.807) is 11.0 Å². The lowest BCUT2D eigenvalue weighted by molar-refractivity contribution is 0.849. The molecule has 0 radical (unpaired) electrons. The van der Waals surface area contributed by atoms with Crippen LogP contribution in [0.4, 0.5) is 0 Å². The number of halogens is 1. The van der Waals surface area contributed by atoms with E-state index < -0.39 is 0 Å². The molecule has 3 aromatic rings. The van der Waals surface area contributed by atoms with Crippen LogP contribution in [0.25, 0.3) is 16.7 Å². The first kappa shape index (κ1) is 9.23. The number of para-hydroxylation sites is 1. The van der Waals surface area contributed by atoms with Gasteiger partial charge in [0.05, 0.1) is 5.52 Å². The third-order valence-corrected chi connectivity index (χ3v) is 2.36. The Kier molecular flexibility index (Phi) is 2.04. The molecule has 0 aliphatic rings. The number of hydrogen-bond donors (Lipinski definition) is 0. The molecule has 0 amide bonds. The molecule has 0 aliphatic carbocycles. The molecule has 0 saturated heterocycles. The molecule has 0 saturated carbocycles. The molecule has 0 atom stereocenters. The van der Waals surface area contributed by atoms with Crippen LogP contribution in [0.15, 0.2) is 36.9 Å². The average molecular weight is 232 g/mol. The van der Waals surface area contributed by atoms with Crippen molar-refractivity contribution in [3.63, 3.8) is 0 Å². The Balaban J connectivity index is 2.39. The van der Waals surface area contributed by atoms with Gasteiger partial charge in [-0.05, 0) is 23.7 Å². The maximum atomic E-state index is 5.86. The van der Waals surface area contributed by atoms with Gasteiger partial charge in [-0.1, -0.05) is 12.1 Å². The van der Waals surface area contributed by atoms with Crippen LogP contribution in [0.3, 0.4) is 0 Å². The Morgan fingerprint density at radius 1 is 1.12 bits per heavy atom. The number of benzene rings is 1. The van der Waals surface area contributed by atoms with Crippen LogP contribution in [-0.4, -0.2) is 24.7 Å². The number of rotatable bonds is 1. The highest BCUT2D eigenvalue weighted by Crippen LogP contribution is 2.19.